The van der Waals surface area contributed by atoms with Crippen molar-refractivity contribution in [1.82, 2.24) is 20.5 Å². The molecule has 1 aromatic carbocycles. The van der Waals surface area contributed by atoms with E-state index < -0.39 is 0 Å². The fourth-order valence-corrected chi connectivity index (χ4v) is 1.75. The molecule has 7 heteroatoms. The van der Waals surface area contributed by atoms with Crippen LogP contribution in [0.15, 0.2) is 30.3 Å². The fourth-order valence-electron chi connectivity index (χ4n) is 1.75. The fraction of sp³-hybridized carbons (Fsp3) is 0.286. The van der Waals surface area contributed by atoms with Gasteiger partial charge >= 0.3 is 0 Å². The van der Waals surface area contributed by atoms with E-state index in [4.69, 9.17) is 0 Å². The quantitative estimate of drug-likeness (QED) is 0.731. The zero-order valence-electron chi connectivity index (χ0n) is 11.7. The van der Waals surface area contributed by atoms with Crippen molar-refractivity contribution in [2.75, 3.05) is 11.9 Å². The topological polar surface area (TPSA) is 99.8 Å². The first-order chi connectivity index (χ1) is 10.1. The van der Waals surface area contributed by atoms with E-state index in [1.807, 2.05) is 30.3 Å². The number of hydrogen-bond acceptors (Lipinski definition) is 4. The molecule has 2 rings (SSSR count). The Bertz CT molecular complexity index is 609. The molecule has 7 nitrogen and oxygen atoms in total. The van der Waals surface area contributed by atoms with Crippen LogP contribution in [0.4, 0.5) is 5.95 Å². The monoisotopic (exact) mass is 287 g/mol. The summed E-state index contributed by atoms with van der Waals surface area (Å²) in [5, 5.41) is 11.7. The van der Waals surface area contributed by atoms with Crippen molar-refractivity contribution in [2.24, 2.45) is 0 Å². The Labute approximate surface area is 122 Å². The molecule has 0 radical (unpaired) electrons. The zero-order chi connectivity index (χ0) is 15.1. The highest BCUT2D eigenvalue weighted by Crippen LogP contribution is 2.00. The van der Waals surface area contributed by atoms with Crippen LogP contribution < -0.4 is 10.6 Å². The molecule has 0 unspecified atom stereocenters. The van der Waals surface area contributed by atoms with Gasteiger partial charge in [0.15, 0.2) is 0 Å². The normalized spacial score (nSPS) is 10.1. The van der Waals surface area contributed by atoms with Crippen LogP contribution in [0.2, 0.25) is 0 Å². The van der Waals surface area contributed by atoms with Crippen LogP contribution >= 0.6 is 0 Å². The predicted octanol–water partition coefficient (Wildman–Crippen LogP) is 0.801. The predicted molar refractivity (Wildman–Crippen MR) is 77.5 cm³/mol. The molecule has 2 aromatic rings. The van der Waals surface area contributed by atoms with Gasteiger partial charge in [0.2, 0.25) is 17.8 Å². The van der Waals surface area contributed by atoms with Crippen molar-refractivity contribution in [3.63, 3.8) is 0 Å². The summed E-state index contributed by atoms with van der Waals surface area (Å²) in [6.45, 7) is 2.02. The number of aromatic amines is 1. The number of aromatic nitrogens is 3. The molecule has 3 N–H and O–H groups in total. The summed E-state index contributed by atoms with van der Waals surface area (Å²) in [6.07, 6.45) is 0.483. The van der Waals surface area contributed by atoms with E-state index in [9.17, 15) is 9.59 Å². The summed E-state index contributed by atoms with van der Waals surface area (Å²) in [5.74, 6) is 0.520. The zero-order valence-corrected chi connectivity index (χ0v) is 11.7. The largest absolute Gasteiger partial charge is 0.355 e. The highest BCUT2D eigenvalue weighted by Gasteiger charge is 2.07. The number of amides is 2. The van der Waals surface area contributed by atoms with E-state index in [0.29, 0.717) is 12.2 Å². The maximum Gasteiger partial charge on any atom is 0.248 e. The number of nitrogens with zero attached hydrogens (tertiary/aromatic N) is 2. The Hall–Kier alpha value is -2.70. The number of hydrogen-bond donors (Lipinski definition) is 3. The van der Waals surface area contributed by atoms with E-state index in [1.54, 1.807) is 6.92 Å². The summed E-state index contributed by atoms with van der Waals surface area (Å²) in [4.78, 5) is 27.3. The highest BCUT2D eigenvalue weighted by molar-refractivity contribution is 5.89. The Balaban J connectivity index is 1.67. The summed E-state index contributed by atoms with van der Waals surface area (Å²) >= 11 is 0. The number of nitrogens with one attached hydrogen (secondary N) is 3. The Kier molecular flexibility index (Phi) is 5.03. The molecule has 1 heterocycles. The van der Waals surface area contributed by atoms with Gasteiger partial charge in [-0.2, -0.15) is 4.98 Å². The number of rotatable bonds is 6. The first kappa shape index (κ1) is 14.7. The van der Waals surface area contributed by atoms with Crippen LogP contribution in [0.25, 0.3) is 0 Å². The molecule has 110 valence electrons. The smallest absolute Gasteiger partial charge is 0.248 e. The Morgan fingerprint density at radius 3 is 2.62 bits per heavy atom. The van der Waals surface area contributed by atoms with Crippen LogP contribution in [0.3, 0.4) is 0 Å². The molecule has 0 saturated heterocycles. The Morgan fingerprint density at radius 2 is 1.95 bits per heavy atom. The van der Waals surface area contributed by atoms with Gasteiger partial charge in [-0.1, -0.05) is 30.3 Å². The standard InChI is InChI=1S/C14H17N5O2/c1-10-16-14(19-18-10)17-12(20)7-8-15-13(21)9-11-5-3-2-4-6-11/h2-6H,7-9H2,1H3,(H,15,21)(H2,16,17,18,19,20). The van der Waals surface area contributed by atoms with Crippen LogP contribution in [0, 0.1) is 6.92 Å². The minimum Gasteiger partial charge on any atom is -0.355 e. The average Bonchev–Trinajstić information content (AvgIpc) is 2.85. The summed E-state index contributed by atoms with van der Waals surface area (Å²) < 4.78 is 0. The van der Waals surface area contributed by atoms with Gasteiger partial charge in [0.1, 0.15) is 5.82 Å². The van der Waals surface area contributed by atoms with E-state index in [1.165, 1.54) is 0 Å². The van der Waals surface area contributed by atoms with E-state index in [-0.39, 0.29) is 30.7 Å². The van der Waals surface area contributed by atoms with Gasteiger partial charge in [0.05, 0.1) is 6.42 Å². The molecule has 0 atom stereocenters. The van der Waals surface area contributed by atoms with Crippen molar-refractivity contribution in [1.29, 1.82) is 0 Å². The van der Waals surface area contributed by atoms with Gasteiger partial charge in [0, 0.05) is 13.0 Å². The number of carbonyl (C=O) groups is 2. The van der Waals surface area contributed by atoms with Gasteiger partial charge in [0.25, 0.3) is 0 Å². The van der Waals surface area contributed by atoms with Gasteiger partial charge < -0.3 is 5.32 Å². The third kappa shape index (κ3) is 5.06. The van der Waals surface area contributed by atoms with Crippen LogP contribution in [0.1, 0.15) is 17.8 Å². The molecule has 0 bridgehead atoms. The van der Waals surface area contributed by atoms with Crippen molar-refractivity contribution in [3.05, 3.63) is 41.7 Å². The third-order valence-corrected chi connectivity index (χ3v) is 2.73. The summed E-state index contributed by atoms with van der Waals surface area (Å²) in [5.41, 5.74) is 0.940. The number of anilines is 1. The second-order valence-electron chi connectivity index (χ2n) is 4.55. The lowest BCUT2D eigenvalue weighted by molar-refractivity contribution is -0.120. The molecular weight excluding hydrogens is 270 g/mol. The maximum atomic E-state index is 11.7. The van der Waals surface area contributed by atoms with Crippen LogP contribution in [-0.4, -0.2) is 33.5 Å². The molecule has 0 spiro atoms. The van der Waals surface area contributed by atoms with Gasteiger partial charge in [-0.3, -0.25) is 20.0 Å². The first-order valence-corrected chi connectivity index (χ1v) is 6.63. The molecule has 1 aromatic heterocycles. The highest BCUT2D eigenvalue weighted by atomic mass is 16.2. The van der Waals surface area contributed by atoms with E-state index in [2.05, 4.69) is 25.8 Å². The van der Waals surface area contributed by atoms with Crippen LogP contribution in [0.5, 0.6) is 0 Å². The summed E-state index contributed by atoms with van der Waals surface area (Å²) in [6, 6.07) is 9.44. The van der Waals surface area contributed by atoms with Crippen molar-refractivity contribution in [2.45, 2.75) is 19.8 Å². The minimum absolute atomic E-state index is 0.109. The second kappa shape index (κ2) is 7.18. The van der Waals surface area contributed by atoms with Gasteiger partial charge in [-0.15, -0.1) is 5.10 Å². The minimum atomic E-state index is -0.242. The SMILES string of the molecule is Cc1nc(NC(=O)CCNC(=O)Cc2ccccc2)n[nH]1. The van der Waals surface area contributed by atoms with Crippen molar-refractivity contribution < 1.29 is 9.59 Å². The molecule has 0 aliphatic carbocycles. The molecule has 21 heavy (non-hydrogen) atoms. The molecule has 0 aliphatic heterocycles. The number of aryl methyl sites for hydroxylation is 1. The van der Waals surface area contributed by atoms with Crippen molar-refractivity contribution >= 4 is 17.8 Å². The maximum absolute atomic E-state index is 11.7. The Morgan fingerprint density at radius 1 is 1.19 bits per heavy atom. The third-order valence-electron chi connectivity index (χ3n) is 2.73. The lowest BCUT2D eigenvalue weighted by atomic mass is 10.1. The molecule has 2 amide bonds. The number of benzene rings is 1. The number of H-pyrrole nitrogens is 1. The van der Waals surface area contributed by atoms with E-state index >= 15 is 0 Å². The van der Waals surface area contributed by atoms with Gasteiger partial charge in [-0.05, 0) is 12.5 Å². The molecule has 0 saturated carbocycles. The average molecular weight is 287 g/mol. The molecule has 0 fully saturated rings. The number of carbonyl (C=O) groups excluding carboxylic acids is 2. The summed E-state index contributed by atoms with van der Waals surface area (Å²) in [7, 11) is 0. The molecular formula is C14H17N5O2. The van der Waals surface area contributed by atoms with E-state index in [0.717, 1.165) is 5.56 Å². The van der Waals surface area contributed by atoms with Crippen LogP contribution in [-0.2, 0) is 16.0 Å². The van der Waals surface area contributed by atoms with Crippen molar-refractivity contribution in [3.8, 4) is 0 Å². The molecule has 0 aliphatic rings. The van der Waals surface area contributed by atoms with Gasteiger partial charge in [-0.25, -0.2) is 0 Å². The first-order valence-electron chi connectivity index (χ1n) is 6.63. The second-order valence-corrected chi connectivity index (χ2v) is 4.55. The lowest BCUT2D eigenvalue weighted by Gasteiger charge is -2.05. The lowest BCUT2D eigenvalue weighted by Crippen LogP contribution is -2.29.